The van der Waals surface area contributed by atoms with Crippen LogP contribution in [0.3, 0.4) is 0 Å². The van der Waals surface area contributed by atoms with Crippen LogP contribution in [0.25, 0.3) is 11.5 Å². The van der Waals surface area contributed by atoms with Crippen LogP contribution in [0.1, 0.15) is 18.1 Å². The van der Waals surface area contributed by atoms with Gasteiger partial charge in [-0.15, -0.1) is 10.2 Å². The molecule has 0 radical (unpaired) electrons. The van der Waals surface area contributed by atoms with Gasteiger partial charge < -0.3 is 14.8 Å². The van der Waals surface area contributed by atoms with Gasteiger partial charge in [-0.05, 0) is 56.2 Å². The van der Waals surface area contributed by atoms with Gasteiger partial charge in [0.1, 0.15) is 5.75 Å². The zero-order valence-electron chi connectivity index (χ0n) is 14.7. The molecule has 0 bridgehead atoms. The van der Waals surface area contributed by atoms with Crippen molar-refractivity contribution in [1.82, 2.24) is 10.2 Å². The van der Waals surface area contributed by atoms with E-state index in [4.69, 9.17) is 4.42 Å². The van der Waals surface area contributed by atoms with Gasteiger partial charge in [-0.3, -0.25) is 4.79 Å². The van der Waals surface area contributed by atoms with Crippen LogP contribution in [-0.2, 0) is 4.79 Å². The molecule has 0 aliphatic heterocycles. The van der Waals surface area contributed by atoms with E-state index in [1.54, 1.807) is 31.2 Å². The summed E-state index contributed by atoms with van der Waals surface area (Å²) in [5.74, 6) is 0.126. The largest absolute Gasteiger partial charge is 0.507 e. The van der Waals surface area contributed by atoms with Gasteiger partial charge in [-0.1, -0.05) is 30.0 Å². The van der Waals surface area contributed by atoms with E-state index in [0.29, 0.717) is 5.56 Å². The Morgan fingerprint density at radius 2 is 1.92 bits per heavy atom. The molecule has 1 amide bonds. The number of hydrogen-bond donors (Lipinski definition) is 2. The summed E-state index contributed by atoms with van der Waals surface area (Å²) >= 11 is 1.17. The number of phenols is 1. The van der Waals surface area contributed by atoms with Crippen LogP contribution in [0.2, 0.25) is 0 Å². The van der Waals surface area contributed by atoms with Crippen LogP contribution in [0.5, 0.6) is 5.75 Å². The van der Waals surface area contributed by atoms with E-state index in [2.05, 4.69) is 15.5 Å². The van der Waals surface area contributed by atoms with Crippen LogP contribution >= 0.6 is 11.8 Å². The molecular formula is C19H19N3O3S. The lowest BCUT2D eigenvalue weighted by Gasteiger charge is -2.11. The summed E-state index contributed by atoms with van der Waals surface area (Å²) in [6.45, 7) is 5.80. The Balaban J connectivity index is 1.66. The third kappa shape index (κ3) is 4.05. The van der Waals surface area contributed by atoms with Crippen molar-refractivity contribution in [2.45, 2.75) is 31.2 Å². The Hall–Kier alpha value is -2.80. The van der Waals surface area contributed by atoms with Gasteiger partial charge in [0.15, 0.2) is 0 Å². The second-order valence-corrected chi connectivity index (χ2v) is 7.23. The van der Waals surface area contributed by atoms with Crippen molar-refractivity contribution < 1.29 is 14.3 Å². The van der Waals surface area contributed by atoms with Gasteiger partial charge in [0.25, 0.3) is 11.1 Å². The van der Waals surface area contributed by atoms with Crippen molar-refractivity contribution in [3.8, 4) is 17.2 Å². The van der Waals surface area contributed by atoms with Gasteiger partial charge in [-0.2, -0.15) is 0 Å². The highest BCUT2D eigenvalue weighted by molar-refractivity contribution is 8.00. The first kappa shape index (κ1) is 18.0. The number of nitrogens with zero attached hydrogens (tertiary/aromatic N) is 2. The molecule has 0 aliphatic carbocycles. The number of carbonyl (C=O) groups is 1. The molecule has 1 atom stereocenters. The lowest BCUT2D eigenvalue weighted by molar-refractivity contribution is -0.115. The molecule has 26 heavy (non-hydrogen) atoms. The van der Waals surface area contributed by atoms with Crippen LogP contribution in [0, 0.1) is 13.8 Å². The number of hydrogen-bond acceptors (Lipinski definition) is 6. The van der Waals surface area contributed by atoms with E-state index < -0.39 is 5.25 Å². The zero-order valence-corrected chi connectivity index (χ0v) is 15.5. The second kappa shape index (κ2) is 7.61. The fourth-order valence-electron chi connectivity index (χ4n) is 2.29. The number of benzene rings is 2. The predicted molar refractivity (Wildman–Crippen MR) is 101 cm³/mol. The zero-order chi connectivity index (χ0) is 18.7. The van der Waals surface area contributed by atoms with Crippen LogP contribution in [0.15, 0.2) is 52.1 Å². The molecule has 0 saturated heterocycles. The molecule has 0 saturated carbocycles. The van der Waals surface area contributed by atoms with E-state index >= 15 is 0 Å². The maximum Gasteiger partial charge on any atom is 0.277 e. The predicted octanol–water partition coefficient (Wildman–Crippen LogP) is 4.18. The van der Waals surface area contributed by atoms with Gasteiger partial charge in [0.2, 0.25) is 5.91 Å². The van der Waals surface area contributed by atoms with Crippen molar-refractivity contribution in [3.63, 3.8) is 0 Å². The third-order valence-corrected chi connectivity index (χ3v) is 4.90. The Morgan fingerprint density at radius 1 is 1.15 bits per heavy atom. The summed E-state index contributed by atoms with van der Waals surface area (Å²) in [5.41, 5.74) is 3.50. The molecule has 6 nitrogen and oxygen atoms in total. The molecule has 2 N–H and O–H groups in total. The summed E-state index contributed by atoms with van der Waals surface area (Å²) in [7, 11) is 0. The number of aromatic nitrogens is 2. The highest BCUT2D eigenvalue weighted by Gasteiger charge is 2.19. The molecular weight excluding hydrogens is 350 g/mol. The highest BCUT2D eigenvalue weighted by atomic mass is 32.2. The Bertz CT molecular complexity index is 939. The Labute approximate surface area is 155 Å². The van der Waals surface area contributed by atoms with Gasteiger partial charge in [-0.25, -0.2) is 0 Å². The van der Waals surface area contributed by atoms with E-state index in [-0.39, 0.29) is 22.8 Å². The fraction of sp³-hybridized carbons (Fsp3) is 0.211. The van der Waals surface area contributed by atoms with Crippen LogP contribution < -0.4 is 5.32 Å². The molecule has 3 rings (SSSR count). The summed E-state index contributed by atoms with van der Waals surface area (Å²) in [6, 6.07) is 12.5. The number of aromatic hydroxyl groups is 1. The molecule has 7 heteroatoms. The summed E-state index contributed by atoms with van der Waals surface area (Å²) in [4.78, 5) is 12.4. The fourth-order valence-corrected chi connectivity index (χ4v) is 2.97. The van der Waals surface area contributed by atoms with E-state index in [1.807, 2.05) is 32.0 Å². The minimum Gasteiger partial charge on any atom is -0.507 e. The standard InChI is InChI=1S/C19H19N3O3S/c1-11-8-9-14(10-12(11)2)20-17(24)13(3)26-19-22-21-18(25-19)15-6-4-5-7-16(15)23/h4-10,13,23H,1-3H3,(H,20,24). The van der Waals surface area contributed by atoms with Gasteiger partial charge >= 0.3 is 0 Å². The topological polar surface area (TPSA) is 88.2 Å². The molecule has 3 aromatic rings. The summed E-state index contributed by atoms with van der Waals surface area (Å²) in [5, 5.41) is 20.5. The average molecular weight is 369 g/mol. The quantitative estimate of drug-likeness (QED) is 0.656. The van der Waals surface area contributed by atoms with Crippen molar-refractivity contribution in [3.05, 3.63) is 53.6 Å². The van der Waals surface area contributed by atoms with Crippen LogP contribution in [0.4, 0.5) is 5.69 Å². The number of phenolic OH excluding ortho intramolecular Hbond substituents is 1. The average Bonchev–Trinajstić information content (AvgIpc) is 3.06. The number of para-hydroxylation sites is 1. The van der Waals surface area contributed by atoms with Crippen molar-refractivity contribution in [1.29, 1.82) is 0 Å². The summed E-state index contributed by atoms with van der Waals surface area (Å²) < 4.78 is 5.56. The van der Waals surface area contributed by atoms with E-state index in [1.165, 1.54) is 17.3 Å². The van der Waals surface area contributed by atoms with E-state index in [9.17, 15) is 9.90 Å². The first-order chi connectivity index (χ1) is 12.4. The second-order valence-electron chi connectivity index (χ2n) is 5.94. The highest BCUT2D eigenvalue weighted by Crippen LogP contribution is 2.31. The lowest BCUT2D eigenvalue weighted by atomic mass is 10.1. The van der Waals surface area contributed by atoms with E-state index in [0.717, 1.165) is 11.3 Å². The first-order valence-electron chi connectivity index (χ1n) is 8.10. The number of thioether (sulfide) groups is 1. The number of rotatable bonds is 5. The molecule has 1 heterocycles. The Kier molecular flexibility index (Phi) is 5.27. The number of nitrogens with one attached hydrogen (secondary N) is 1. The maximum atomic E-state index is 12.4. The van der Waals surface area contributed by atoms with Gasteiger partial charge in [0.05, 0.1) is 10.8 Å². The Morgan fingerprint density at radius 3 is 2.65 bits per heavy atom. The normalized spacial score (nSPS) is 12.0. The lowest BCUT2D eigenvalue weighted by Crippen LogP contribution is -2.22. The molecule has 2 aromatic carbocycles. The number of aryl methyl sites for hydroxylation is 2. The molecule has 0 fully saturated rings. The maximum absolute atomic E-state index is 12.4. The molecule has 1 aromatic heterocycles. The van der Waals surface area contributed by atoms with Crippen molar-refractivity contribution in [2.75, 3.05) is 5.32 Å². The molecule has 0 aliphatic rings. The molecule has 1 unspecified atom stereocenters. The minimum absolute atomic E-state index is 0.0632. The number of anilines is 1. The minimum atomic E-state index is -0.422. The smallest absolute Gasteiger partial charge is 0.277 e. The molecule has 0 spiro atoms. The number of carbonyl (C=O) groups excluding carboxylic acids is 1. The monoisotopic (exact) mass is 369 g/mol. The third-order valence-electron chi connectivity index (χ3n) is 3.96. The first-order valence-corrected chi connectivity index (χ1v) is 8.98. The van der Waals surface area contributed by atoms with Crippen LogP contribution in [-0.4, -0.2) is 26.5 Å². The molecule has 134 valence electrons. The van der Waals surface area contributed by atoms with Crippen molar-refractivity contribution >= 4 is 23.4 Å². The SMILES string of the molecule is Cc1ccc(NC(=O)C(C)Sc2nnc(-c3ccccc3O)o2)cc1C. The summed E-state index contributed by atoms with van der Waals surface area (Å²) in [6.07, 6.45) is 0. The number of amides is 1. The van der Waals surface area contributed by atoms with Gasteiger partial charge in [0, 0.05) is 5.69 Å². The van der Waals surface area contributed by atoms with Crippen molar-refractivity contribution in [2.24, 2.45) is 0 Å².